The van der Waals surface area contributed by atoms with Gasteiger partial charge in [0.25, 0.3) is 5.91 Å². The van der Waals surface area contributed by atoms with Crippen LogP contribution in [0, 0.1) is 6.92 Å². The number of ether oxygens (including phenoxy) is 1. The smallest absolute Gasteiger partial charge is 0.261 e. The molecule has 0 saturated carbocycles. The molecule has 2 aromatic carbocycles. The first kappa shape index (κ1) is 22.2. The van der Waals surface area contributed by atoms with Gasteiger partial charge in [-0.15, -0.1) is 0 Å². The molecule has 2 amide bonds. The molecular weight excluding hydrogens is 444 g/mol. The van der Waals surface area contributed by atoms with Gasteiger partial charge in [0, 0.05) is 17.6 Å². The maximum atomic E-state index is 12.9. The first-order chi connectivity index (χ1) is 13.3. The first-order valence-electron chi connectivity index (χ1n) is 9.02. The monoisotopic (exact) mass is 466 g/mol. The van der Waals surface area contributed by atoms with Crippen LogP contribution in [-0.4, -0.2) is 35.9 Å². The largest absolute Gasteiger partial charge is 0.482 e. The van der Waals surface area contributed by atoms with E-state index in [1.54, 1.807) is 25.1 Å². The lowest BCUT2D eigenvalue weighted by molar-refractivity contribution is -0.142. The number of hydrogen-bond acceptors (Lipinski definition) is 3. The van der Waals surface area contributed by atoms with Gasteiger partial charge in [0.05, 0.1) is 5.02 Å². The Balaban J connectivity index is 2.16. The highest BCUT2D eigenvalue weighted by Crippen LogP contribution is 2.27. The maximum absolute atomic E-state index is 12.9. The standard InChI is InChI=1S/C21H24BrClN2O3/c1-4-24-21(27)15(3)25(12-16-7-5-6-14(2)10-16)20(26)13-28-19-9-8-17(22)11-18(19)23/h5-11,15H,4,12-13H2,1-3H3,(H,24,27)/t15-/m0/s1. The summed E-state index contributed by atoms with van der Waals surface area (Å²) in [6.45, 7) is 6.15. The molecule has 0 aromatic heterocycles. The van der Waals surface area contributed by atoms with Gasteiger partial charge in [0.2, 0.25) is 5.91 Å². The molecule has 0 aliphatic heterocycles. The summed E-state index contributed by atoms with van der Waals surface area (Å²) in [5, 5.41) is 3.17. The number of benzene rings is 2. The van der Waals surface area contributed by atoms with Crippen molar-refractivity contribution in [3.8, 4) is 5.75 Å². The molecule has 1 N–H and O–H groups in total. The zero-order valence-electron chi connectivity index (χ0n) is 16.2. The van der Waals surface area contributed by atoms with Gasteiger partial charge < -0.3 is 15.0 Å². The summed E-state index contributed by atoms with van der Waals surface area (Å²) in [5.41, 5.74) is 2.04. The SMILES string of the molecule is CCNC(=O)[C@H](C)N(Cc1cccc(C)c1)C(=O)COc1ccc(Br)cc1Cl. The number of carbonyl (C=O) groups is 2. The Labute approximate surface area is 179 Å². The van der Waals surface area contributed by atoms with E-state index in [0.29, 0.717) is 23.9 Å². The summed E-state index contributed by atoms with van der Waals surface area (Å²) in [7, 11) is 0. The number of halogens is 2. The van der Waals surface area contributed by atoms with Crippen molar-refractivity contribution in [3.05, 3.63) is 63.1 Å². The Kier molecular flexibility index (Phi) is 8.33. The number of nitrogens with zero attached hydrogens (tertiary/aromatic N) is 1. The van der Waals surface area contributed by atoms with Gasteiger partial charge in [0.15, 0.2) is 6.61 Å². The first-order valence-corrected chi connectivity index (χ1v) is 10.2. The lowest BCUT2D eigenvalue weighted by atomic mass is 10.1. The molecule has 0 heterocycles. The Hall–Kier alpha value is -2.05. The van der Waals surface area contributed by atoms with E-state index < -0.39 is 6.04 Å². The number of nitrogens with one attached hydrogen (secondary N) is 1. The highest BCUT2D eigenvalue weighted by molar-refractivity contribution is 9.10. The third-order valence-electron chi connectivity index (χ3n) is 4.20. The molecule has 0 radical (unpaired) electrons. The second-order valence-corrected chi connectivity index (χ2v) is 7.77. The van der Waals surface area contributed by atoms with Gasteiger partial charge in [-0.1, -0.05) is 57.4 Å². The average Bonchev–Trinajstić information content (AvgIpc) is 2.65. The van der Waals surface area contributed by atoms with Gasteiger partial charge in [-0.05, 0) is 44.5 Å². The predicted molar refractivity (Wildman–Crippen MR) is 115 cm³/mol. The van der Waals surface area contributed by atoms with E-state index in [2.05, 4.69) is 21.2 Å². The lowest BCUT2D eigenvalue weighted by Crippen LogP contribution is -2.49. The Morgan fingerprint density at radius 1 is 1.25 bits per heavy atom. The fourth-order valence-corrected chi connectivity index (χ4v) is 3.45. The summed E-state index contributed by atoms with van der Waals surface area (Å²) >= 11 is 9.48. The van der Waals surface area contributed by atoms with Crippen LogP contribution in [0.15, 0.2) is 46.9 Å². The molecule has 0 fully saturated rings. The van der Waals surface area contributed by atoms with Crippen molar-refractivity contribution < 1.29 is 14.3 Å². The minimum Gasteiger partial charge on any atom is -0.482 e. The van der Waals surface area contributed by atoms with E-state index in [-0.39, 0.29) is 18.4 Å². The number of aryl methyl sites for hydroxylation is 1. The van der Waals surface area contributed by atoms with Crippen LogP contribution >= 0.6 is 27.5 Å². The van der Waals surface area contributed by atoms with Crippen LogP contribution in [0.4, 0.5) is 0 Å². The van der Waals surface area contributed by atoms with Crippen LogP contribution in [0.5, 0.6) is 5.75 Å². The molecule has 0 spiro atoms. The van der Waals surface area contributed by atoms with Crippen LogP contribution in [0.2, 0.25) is 5.02 Å². The van der Waals surface area contributed by atoms with E-state index in [9.17, 15) is 9.59 Å². The van der Waals surface area contributed by atoms with E-state index in [1.165, 1.54) is 4.90 Å². The second kappa shape index (κ2) is 10.5. The molecule has 5 nitrogen and oxygen atoms in total. The van der Waals surface area contributed by atoms with Crippen molar-refractivity contribution in [2.24, 2.45) is 0 Å². The van der Waals surface area contributed by atoms with Gasteiger partial charge in [0.1, 0.15) is 11.8 Å². The molecule has 150 valence electrons. The fraction of sp³-hybridized carbons (Fsp3) is 0.333. The van der Waals surface area contributed by atoms with Crippen molar-refractivity contribution in [2.45, 2.75) is 33.4 Å². The molecule has 7 heteroatoms. The number of hydrogen-bond donors (Lipinski definition) is 1. The van der Waals surface area contributed by atoms with Gasteiger partial charge in [-0.25, -0.2) is 0 Å². The molecule has 1 atom stereocenters. The molecule has 0 saturated heterocycles. The predicted octanol–water partition coefficient (Wildman–Crippen LogP) is 4.34. The highest BCUT2D eigenvalue weighted by Gasteiger charge is 2.26. The van der Waals surface area contributed by atoms with Crippen molar-refractivity contribution in [1.29, 1.82) is 0 Å². The van der Waals surface area contributed by atoms with Crippen LogP contribution < -0.4 is 10.1 Å². The summed E-state index contributed by atoms with van der Waals surface area (Å²) in [5.74, 6) is -0.0798. The minimum atomic E-state index is -0.628. The minimum absolute atomic E-state index is 0.204. The highest BCUT2D eigenvalue weighted by atomic mass is 79.9. The molecule has 28 heavy (non-hydrogen) atoms. The average molecular weight is 468 g/mol. The number of carbonyl (C=O) groups excluding carboxylic acids is 2. The summed E-state index contributed by atoms with van der Waals surface area (Å²) in [6, 6.07) is 12.4. The number of rotatable bonds is 8. The lowest BCUT2D eigenvalue weighted by Gasteiger charge is -2.28. The molecule has 0 aliphatic carbocycles. The Morgan fingerprint density at radius 3 is 2.64 bits per heavy atom. The Morgan fingerprint density at radius 2 is 2.00 bits per heavy atom. The van der Waals surface area contributed by atoms with Crippen LogP contribution in [0.1, 0.15) is 25.0 Å². The quantitative estimate of drug-likeness (QED) is 0.628. The summed E-state index contributed by atoms with van der Waals surface area (Å²) < 4.78 is 6.43. The molecular formula is C21H24BrClN2O3. The Bertz CT molecular complexity index is 844. The molecule has 0 unspecified atom stereocenters. The van der Waals surface area contributed by atoms with Crippen LogP contribution in [0.25, 0.3) is 0 Å². The van der Waals surface area contributed by atoms with Gasteiger partial charge in [-0.3, -0.25) is 9.59 Å². The maximum Gasteiger partial charge on any atom is 0.261 e. The van der Waals surface area contributed by atoms with Crippen LogP contribution in [0.3, 0.4) is 0 Å². The summed E-state index contributed by atoms with van der Waals surface area (Å²) in [6.07, 6.45) is 0. The third-order valence-corrected chi connectivity index (χ3v) is 4.99. The van der Waals surface area contributed by atoms with Gasteiger partial charge in [-0.2, -0.15) is 0 Å². The van der Waals surface area contributed by atoms with Crippen LogP contribution in [-0.2, 0) is 16.1 Å². The van der Waals surface area contributed by atoms with E-state index in [1.807, 2.05) is 38.1 Å². The number of likely N-dealkylation sites (N-methyl/N-ethyl adjacent to an activating group) is 1. The topological polar surface area (TPSA) is 58.6 Å². The van der Waals surface area contributed by atoms with Crippen molar-refractivity contribution in [3.63, 3.8) is 0 Å². The van der Waals surface area contributed by atoms with Crippen molar-refractivity contribution >= 4 is 39.3 Å². The van der Waals surface area contributed by atoms with Crippen molar-refractivity contribution in [1.82, 2.24) is 10.2 Å². The van der Waals surface area contributed by atoms with E-state index in [0.717, 1.165) is 15.6 Å². The summed E-state index contributed by atoms with van der Waals surface area (Å²) in [4.78, 5) is 26.8. The zero-order valence-corrected chi connectivity index (χ0v) is 18.5. The normalized spacial score (nSPS) is 11.6. The molecule has 0 aliphatic rings. The van der Waals surface area contributed by atoms with E-state index >= 15 is 0 Å². The molecule has 0 bridgehead atoms. The molecule has 2 aromatic rings. The van der Waals surface area contributed by atoms with E-state index in [4.69, 9.17) is 16.3 Å². The van der Waals surface area contributed by atoms with Gasteiger partial charge >= 0.3 is 0 Å². The molecule has 2 rings (SSSR count). The number of amides is 2. The zero-order chi connectivity index (χ0) is 20.7. The second-order valence-electron chi connectivity index (χ2n) is 6.44. The van der Waals surface area contributed by atoms with Crippen molar-refractivity contribution in [2.75, 3.05) is 13.2 Å². The third kappa shape index (κ3) is 6.24. The fourth-order valence-electron chi connectivity index (χ4n) is 2.73.